The van der Waals surface area contributed by atoms with Gasteiger partial charge in [-0.1, -0.05) is 133 Å². The van der Waals surface area contributed by atoms with E-state index in [0.29, 0.717) is 50.5 Å². The molecule has 2 aliphatic rings. The molecule has 0 unspecified atom stereocenters. The van der Waals surface area contributed by atoms with Crippen LogP contribution in [0.15, 0.2) is 303 Å². The Hall–Kier alpha value is -13.4. The molecule has 0 atom stereocenters. The number of methoxy groups -OCH3 is 2. The topological polar surface area (TPSA) is 233 Å². The Morgan fingerprint density at radius 3 is 1.02 bits per heavy atom. The Kier molecular flexibility index (Phi) is 28.6. The highest BCUT2D eigenvalue weighted by Gasteiger charge is 2.46. The van der Waals surface area contributed by atoms with Crippen LogP contribution in [0.2, 0.25) is 0 Å². The van der Waals surface area contributed by atoms with Crippen molar-refractivity contribution in [1.82, 2.24) is 5.32 Å². The number of halogens is 13. The van der Waals surface area contributed by atoms with Gasteiger partial charge in [0.25, 0.3) is 5.91 Å². The van der Waals surface area contributed by atoms with Crippen LogP contribution >= 0.6 is 12.4 Å². The maximum absolute atomic E-state index is 13.0. The molecular weight excluding hydrogens is 1620 g/mol. The van der Waals surface area contributed by atoms with Gasteiger partial charge in [-0.3, -0.25) is 4.79 Å². The van der Waals surface area contributed by atoms with E-state index in [4.69, 9.17) is 35.1 Å². The van der Waals surface area contributed by atoms with Gasteiger partial charge < -0.3 is 55.0 Å². The monoisotopic (exact) mass is 1690 g/mol. The zero-order chi connectivity index (χ0) is 86.3. The maximum atomic E-state index is 13.0. The number of carbonyl (C=O) groups excluding carboxylic acids is 3. The van der Waals surface area contributed by atoms with E-state index < -0.39 is 66.0 Å². The van der Waals surface area contributed by atoms with E-state index >= 15 is 0 Å². The van der Waals surface area contributed by atoms with E-state index in [0.717, 1.165) is 124 Å². The number of ether oxygens (including phenoxy) is 5. The molecule has 0 saturated heterocycles. The van der Waals surface area contributed by atoms with Crippen LogP contribution in [0.25, 0.3) is 43.1 Å². The van der Waals surface area contributed by atoms with E-state index in [2.05, 4.69) is 26.9 Å². The summed E-state index contributed by atoms with van der Waals surface area (Å²) in [6.07, 6.45) is -13.5. The summed E-state index contributed by atoms with van der Waals surface area (Å²) < 4.78 is 176. The van der Waals surface area contributed by atoms with Crippen molar-refractivity contribution in [2.75, 3.05) is 14.2 Å². The van der Waals surface area contributed by atoms with Gasteiger partial charge >= 0.3 is 49.7 Å². The average molecular weight is 1690 g/mol. The molecule has 0 radical (unpaired) electrons. The van der Waals surface area contributed by atoms with E-state index in [1.807, 2.05) is 60.7 Å². The molecule has 29 heteroatoms. The summed E-state index contributed by atoms with van der Waals surface area (Å²) in [4.78, 5) is 46.8. The molecule has 16 rings (SSSR count). The Morgan fingerprint density at radius 1 is 0.372 bits per heavy atom. The number of phenols is 1. The Labute approximate surface area is 690 Å². The number of hydrogen-bond donors (Lipinski definition) is 6. The maximum Gasteiger partial charge on any atom is 0.488 e. The van der Waals surface area contributed by atoms with Crippen molar-refractivity contribution in [1.29, 1.82) is 0 Å². The summed E-state index contributed by atoms with van der Waals surface area (Å²) in [5.74, 6) is 0.477. The predicted molar refractivity (Wildman–Crippen MR) is 437 cm³/mol. The van der Waals surface area contributed by atoms with Crippen LogP contribution in [0, 0.1) is 0 Å². The number of benzene rings is 14. The fraction of sp³-hybridized carbons (Fsp3) is 0.130. The van der Waals surface area contributed by atoms with Crippen molar-refractivity contribution < 1.29 is 116 Å². The molecule has 7 N–H and O–H groups in total. The summed E-state index contributed by atoms with van der Waals surface area (Å²) in [6, 6.07) is 78.2. The third-order valence-corrected chi connectivity index (χ3v) is 19.1. The largest absolute Gasteiger partial charge is 0.507 e. The second kappa shape index (κ2) is 38.5. The quantitative estimate of drug-likeness (QED) is 0.0338. The van der Waals surface area contributed by atoms with Gasteiger partial charge in [0.05, 0.1) is 58.7 Å². The molecule has 0 aliphatic heterocycles. The van der Waals surface area contributed by atoms with Crippen molar-refractivity contribution in [3.05, 3.63) is 359 Å². The number of carboxylic acid groups (broad SMARTS) is 1. The Balaban J connectivity index is 0.000000158. The number of amides is 1. The molecule has 0 bridgehead atoms. The smallest absolute Gasteiger partial charge is 0.488 e. The number of hydrogen-bond acceptors (Lipinski definition) is 13. The fourth-order valence-corrected chi connectivity index (χ4v) is 12.3. The Bertz CT molecular complexity index is 5940. The number of fused-ring (bicyclic) bond motifs is 4. The number of aromatic hydroxyl groups is 1. The van der Waals surface area contributed by atoms with Gasteiger partial charge in [-0.25, -0.2) is 14.4 Å². The molecule has 121 heavy (non-hydrogen) atoms. The van der Waals surface area contributed by atoms with E-state index in [9.17, 15) is 77.0 Å². The van der Waals surface area contributed by atoms with Crippen LogP contribution < -0.4 is 30.7 Å². The van der Waals surface area contributed by atoms with Crippen LogP contribution in [0.3, 0.4) is 0 Å². The first-order valence-corrected chi connectivity index (χ1v) is 36.5. The van der Waals surface area contributed by atoms with E-state index in [1.165, 1.54) is 68.3 Å². The van der Waals surface area contributed by atoms with E-state index in [1.54, 1.807) is 121 Å². The van der Waals surface area contributed by atoms with Gasteiger partial charge in [0.15, 0.2) is 0 Å². The number of phenolic OH excluding ortho intramolecular Hbond substituents is 1. The normalized spacial score (nSPS) is 12.8. The minimum absolute atomic E-state index is 0. The standard InChI is InChI=1S/C27H20F3NO2.C19H13F3O3.C18H11F3O3.C12H10O3.C9H11N.C7H6BF3O2.ClH/c28-27(29,30)21-10-12-22(13-11-21)33-24-8-4-5-18-17-19(9-14-23(18)24)25(32)31-26(15-16-26)20-6-2-1-3-7-20;1-24-18(23)13-5-10-16-12(11-13)3-2-4-17(16)25-15-8-6-14(7-9-15)19(20,21)22;19-18(20,21)13-5-7-14(8-6-13)24-16-3-1-2-11-10-12(17(22)23)4-9-15(11)16;1-15-12(14)9-5-6-10-8(7-9)3-2-4-11(10)13;10-9(6-7-9)8-4-2-1-3-5-8;9-7(10,11)5-1-3-6(4-2-5)8(12)13;/h1-14,17H,15-16H2,(H,31,32);2-11H,1H3;1-10H,(H,22,23);2-7,13H,1H3;1-5H,6-7,10H2;1-4,12-13H;1H. The number of rotatable bonds is 14. The fourth-order valence-electron chi connectivity index (χ4n) is 12.3. The molecule has 15 nitrogen and oxygen atoms in total. The van der Waals surface area contributed by atoms with Crippen LogP contribution in [0.4, 0.5) is 52.7 Å². The van der Waals surface area contributed by atoms with Crippen molar-refractivity contribution in [2.45, 2.75) is 61.5 Å². The van der Waals surface area contributed by atoms with Crippen molar-refractivity contribution in [3.8, 4) is 40.2 Å². The highest BCUT2D eigenvalue weighted by molar-refractivity contribution is 6.58. The number of nitrogens with one attached hydrogen (secondary N) is 1. The highest BCUT2D eigenvalue weighted by atomic mass is 35.5. The van der Waals surface area contributed by atoms with Gasteiger partial charge in [0.1, 0.15) is 40.2 Å². The zero-order valence-electron chi connectivity index (χ0n) is 63.8. The Morgan fingerprint density at radius 2 is 0.686 bits per heavy atom. The molecule has 14 aromatic carbocycles. The van der Waals surface area contributed by atoms with E-state index in [-0.39, 0.29) is 63.6 Å². The zero-order valence-corrected chi connectivity index (χ0v) is 64.6. The summed E-state index contributed by atoms with van der Waals surface area (Å²) in [5.41, 5.74) is 6.68. The first-order chi connectivity index (χ1) is 57.0. The first-order valence-electron chi connectivity index (χ1n) is 36.5. The number of esters is 2. The molecule has 1 amide bonds. The molecule has 0 aromatic heterocycles. The molecule has 0 heterocycles. The predicted octanol–water partition coefficient (Wildman–Crippen LogP) is 22.6. The first kappa shape index (κ1) is 89.9. The van der Waals surface area contributed by atoms with Crippen molar-refractivity contribution in [2.24, 2.45) is 5.73 Å². The van der Waals surface area contributed by atoms with Crippen LogP contribution in [0.1, 0.15) is 100 Å². The molecule has 0 spiro atoms. The lowest BCUT2D eigenvalue weighted by Crippen LogP contribution is -2.34. The summed E-state index contributed by atoms with van der Waals surface area (Å²) in [5, 5.41) is 44.8. The molecule has 14 aromatic rings. The summed E-state index contributed by atoms with van der Waals surface area (Å²) in [7, 11) is 0.911. The number of alkyl halides is 12. The van der Waals surface area contributed by atoms with Crippen LogP contribution in [-0.4, -0.2) is 65.4 Å². The second-order valence-corrected chi connectivity index (χ2v) is 27.4. The molecule has 2 saturated carbocycles. The van der Waals surface area contributed by atoms with Gasteiger partial charge in [-0.05, 0) is 234 Å². The minimum Gasteiger partial charge on any atom is -0.507 e. The molecule has 622 valence electrons. The van der Waals surface area contributed by atoms with Gasteiger partial charge in [0.2, 0.25) is 0 Å². The van der Waals surface area contributed by atoms with Crippen molar-refractivity contribution >= 4 is 91.9 Å². The van der Waals surface area contributed by atoms with Crippen molar-refractivity contribution in [3.63, 3.8) is 0 Å². The SMILES string of the molecule is COC(=O)c1ccc2c(O)cccc2c1.COC(=O)c1ccc2c(Oc3ccc(C(F)(F)F)cc3)cccc2c1.Cl.NC1(c2ccccc2)CC1.O=C(NC1(c2ccccc2)CC1)c1ccc2c(Oc3ccc(C(F)(F)F)cc3)cccc2c1.O=C(O)c1ccc2c(Oc3ccc(C(F)(F)F)cc3)cccc2c1.OB(O)c1ccc(C(F)(F)F)cc1. The third kappa shape index (κ3) is 23.7. The molecular formula is C92H72BClF12N2O13. The van der Waals surface area contributed by atoms with Crippen LogP contribution in [-0.2, 0) is 45.3 Å². The lowest BCUT2D eigenvalue weighted by atomic mass is 9.80. The van der Waals surface area contributed by atoms with Gasteiger partial charge in [-0.15, -0.1) is 12.4 Å². The lowest BCUT2D eigenvalue weighted by Gasteiger charge is -2.18. The molecule has 2 fully saturated rings. The summed E-state index contributed by atoms with van der Waals surface area (Å²) in [6.45, 7) is 0. The summed E-state index contributed by atoms with van der Waals surface area (Å²) >= 11 is 0. The third-order valence-electron chi connectivity index (χ3n) is 19.1. The van der Waals surface area contributed by atoms with Gasteiger partial charge in [0, 0.05) is 32.6 Å². The number of aromatic carboxylic acids is 1. The minimum atomic E-state index is -4.40. The lowest BCUT2D eigenvalue weighted by molar-refractivity contribution is -0.138. The number of nitrogens with two attached hydrogens (primary N) is 1. The number of carboxylic acids is 1. The van der Waals surface area contributed by atoms with Crippen LogP contribution in [0.5, 0.6) is 40.2 Å². The highest BCUT2D eigenvalue weighted by Crippen LogP contribution is 2.47. The van der Waals surface area contributed by atoms with Gasteiger partial charge in [-0.2, -0.15) is 52.7 Å². The number of carbonyl (C=O) groups is 4. The second-order valence-electron chi connectivity index (χ2n) is 27.4. The average Bonchev–Trinajstić information content (AvgIpc) is 1.63. The molecule has 2 aliphatic carbocycles.